The van der Waals surface area contributed by atoms with Gasteiger partial charge in [0.15, 0.2) is 0 Å². The van der Waals surface area contributed by atoms with Crippen LogP contribution in [0.1, 0.15) is 29.9 Å². The summed E-state index contributed by atoms with van der Waals surface area (Å²) in [6.45, 7) is 2.57. The van der Waals surface area contributed by atoms with E-state index in [4.69, 9.17) is 11.6 Å². The van der Waals surface area contributed by atoms with Crippen molar-refractivity contribution in [2.45, 2.75) is 32.0 Å². The summed E-state index contributed by atoms with van der Waals surface area (Å²) in [7, 11) is 0. The number of hydrogen-bond donors (Lipinski definition) is 3. The normalized spacial score (nSPS) is 18.9. The lowest BCUT2D eigenvalue weighted by Crippen LogP contribution is -2.48. The van der Waals surface area contributed by atoms with Crippen LogP contribution in [0.3, 0.4) is 0 Å². The second-order valence-electron chi connectivity index (χ2n) is 5.22. The predicted molar refractivity (Wildman–Crippen MR) is 80.9 cm³/mol. The van der Waals surface area contributed by atoms with E-state index in [1.54, 1.807) is 6.33 Å². The van der Waals surface area contributed by atoms with Gasteiger partial charge in [-0.25, -0.2) is 4.98 Å². The molecule has 2 aromatic rings. The molecule has 0 radical (unpaired) electrons. The van der Waals surface area contributed by atoms with Gasteiger partial charge in [-0.1, -0.05) is 29.8 Å². The quantitative estimate of drug-likeness (QED) is 0.812. The van der Waals surface area contributed by atoms with E-state index in [1.165, 1.54) is 0 Å². The van der Waals surface area contributed by atoms with Gasteiger partial charge in [0.1, 0.15) is 0 Å². The summed E-state index contributed by atoms with van der Waals surface area (Å²) < 4.78 is 0. The van der Waals surface area contributed by atoms with Crippen LogP contribution in [0.5, 0.6) is 0 Å². The molecule has 2 unspecified atom stereocenters. The molecular formula is C15H17ClN4O. The molecule has 1 aromatic carbocycles. The van der Waals surface area contributed by atoms with Crippen LogP contribution in [0.15, 0.2) is 30.6 Å². The first-order valence-electron chi connectivity index (χ1n) is 6.94. The molecule has 5 nitrogen and oxygen atoms in total. The first-order chi connectivity index (χ1) is 10.1. The monoisotopic (exact) mass is 304 g/mol. The van der Waals surface area contributed by atoms with Crippen molar-refractivity contribution in [3.05, 3.63) is 52.6 Å². The van der Waals surface area contributed by atoms with Gasteiger partial charge in [0.05, 0.1) is 29.8 Å². The zero-order valence-electron chi connectivity index (χ0n) is 11.7. The van der Waals surface area contributed by atoms with Crippen LogP contribution in [0.2, 0.25) is 5.02 Å². The average Bonchev–Trinajstić information content (AvgIpc) is 2.94. The summed E-state index contributed by atoms with van der Waals surface area (Å²) in [4.78, 5) is 19.7. The lowest BCUT2D eigenvalue weighted by molar-refractivity contribution is -0.124. The lowest BCUT2D eigenvalue weighted by Gasteiger charge is -2.24. The van der Waals surface area contributed by atoms with Crippen molar-refractivity contribution >= 4 is 17.5 Å². The molecule has 3 N–H and O–H groups in total. The Labute approximate surface area is 128 Å². The number of aromatic amines is 1. The Balaban J connectivity index is 1.66. The molecule has 2 atom stereocenters. The number of H-pyrrole nitrogens is 1. The number of carbonyl (C=O) groups excluding carboxylic acids is 1. The fraction of sp³-hybridized carbons (Fsp3) is 0.333. The van der Waals surface area contributed by atoms with Crippen LogP contribution >= 0.6 is 11.6 Å². The molecule has 2 heterocycles. The Morgan fingerprint density at radius 1 is 1.48 bits per heavy atom. The van der Waals surface area contributed by atoms with Crippen molar-refractivity contribution in [2.24, 2.45) is 0 Å². The Kier molecular flexibility index (Phi) is 3.94. The minimum atomic E-state index is -0.259. The molecular weight excluding hydrogens is 288 g/mol. The van der Waals surface area contributed by atoms with Crippen LogP contribution in [-0.4, -0.2) is 21.9 Å². The number of carbonyl (C=O) groups is 1. The van der Waals surface area contributed by atoms with Gasteiger partial charge in [0, 0.05) is 18.0 Å². The van der Waals surface area contributed by atoms with Crippen molar-refractivity contribution in [3.8, 4) is 0 Å². The molecule has 1 aliphatic heterocycles. The van der Waals surface area contributed by atoms with Crippen LogP contribution in [0.25, 0.3) is 0 Å². The minimum Gasteiger partial charge on any atom is -0.348 e. The molecule has 0 aliphatic carbocycles. The van der Waals surface area contributed by atoms with Crippen molar-refractivity contribution in [1.82, 2.24) is 20.6 Å². The highest BCUT2D eigenvalue weighted by molar-refractivity contribution is 6.31. The molecule has 0 saturated carbocycles. The van der Waals surface area contributed by atoms with E-state index in [2.05, 4.69) is 20.6 Å². The van der Waals surface area contributed by atoms with Gasteiger partial charge in [0.2, 0.25) is 5.91 Å². The van der Waals surface area contributed by atoms with Gasteiger partial charge in [-0.15, -0.1) is 0 Å². The highest BCUT2D eigenvalue weighted by Gasteiger charge is 2.26. The summed E-state index contributed by atoms with van der Waals surface area (Å²) in [6.07, 6.45) is 2.26. The summed E-state index contributed by atoms with van der Waals surface area (Å²) in [6, 6.07) is 7.15. The number of aromatic nitrogens is 2. The highest BCUT2D eigenvalue weighted by atomic mass is 35.5. The third-order valence-corrected chi connectivity index (χ3v) is 4.12. The number of fused-ring (bicyclic) bond motifs is 1. The molecule has 3 rings (SSSR count). The van der Waals surface area contributed by atoms with Gasteiger partial charge in [-0.3, -0.25) is 10.1 Å². The largest absolute Gasteiger partial charge is 0.348 e. The molecule has 1 aliphatic rings. The van der Waals surface area contributed by atoms with E-state index in [9.17, 15) is 4.79 Å². The van der Waals surface area contributed by atoms with Crippen LogP contribution in [-0.2, 0) is 17.8 Å². The second-order valence-corrected chi connectivity index (χ2v) is 5.62. The summed E-state index contributed by atoms with van der Waals surface area (Å²) >= 11 is 6.16. The summed E-state index contributed by atoms with van der Waals surface area (Å²) in [5.41, 5.74) is 2.93. The number of imidazole rings is 1. The average molecular weight is 305 g/mol. The number of nitrogens with zero attached hydrogens (tertiary/aromatic N) is 1. The van der Waals surface area contributed by atoms with Gasteiger partial charge in [-0.2, -0.15) is 0 Å². The fourth-order valence-corrected chi connectivity index (χ4v) is 2.87. The number of benzene rings is 1. The molecule has 0 saturated heterocycles. The van der Waals surface area contributed by atoms with E-state index >= 15 is 0 Å². The molecule has 6 heteroatoms. The van der Waals surface area contributed by atoms with Crippen LogP contribution in [0, 0.1) is 0 Å². The standard InChI is InChI=1S/C15H17ClN4O/c1-9(10-4-2-3-5-11(10)16)20-15(21)13-6-12-14(7-17-13)19-8-18-12/h2-5,8-9,13,17H,6-7H2,1H3,(H,18,19)(H,20,21). The number of nitrogens with one attached hydrogen (secondary N) is 3. The third kappa shape index (κ3) is 2.94. The SMILES string of the molecule is CC(NC(=O)C1Cc2nc[nH]c2CN1)c1ccccc1Cl. The summed E-state index contributed by atoms with van der Waals surface area (Å²) in [5.74, 6) is -0.0314. The number of amides is 1. The minimum absolute atomic E-state index is 0.0314. The molecule has 0 spiro atoms. The highest BCUT2D eigenvalue weighted by Crippen LogP contribution is 2.22. The molecule has 1 amide bonds. The number of hydrogen-bond acceptors (Lipinski definition) is 3. The van der Waals surface area contributed by atoms with Crippen molar-refractivity contribution in [3.63, 3.8) is 0 Å². The summed E-state index contributed by atoms with van der Waals surface area (Å²) in [5, 5.41) is 6.89. The Morgan fingerprint density at radius 2 is 2.29 bits per heavy atom. The third-order valence-electron chi connectivity index (χ3n) is 3.78. The zero-order chi connectivity index (χ0) is 14.8. The van der Waals surface area contributed by atoms with E-state index in [0.717, 1.165) is 17.0 Å². The van der Waals surface area contributed by atoms with Gasteiger partial charge in [-0.05, 0) is 18.6 Å². The van der Waals surface area contributed by atoms with Gasteiger partial charge < -0.3 is 10.3 Å². The molecule has 0 bridgehead atoms. The lowest BCUT2D eigenvalue weighted by atomic mass is 10.0. The Morgan fingerprint density at radius 3 is 3.10 bits per heavy atom. The van der Waals surface area contributed by atoms with E-state index in [1.807, 2.05) is 31.2 Å². The smallest absolute Gasteiger partial charge is 0.238 e. The van der Waals surface area contributed by atoms with E-state index in [0.29, 0.717) is 18.0 Å². The first kappa shape index (κ1) is 14.1. The topological polar surface area (TPSA) is 69.8 Å². The molecule has 0 fully saturated rings. The van der Waals surface area contributed by atoms with Crippen molar-refractivity contribution in [2.75, 3.05) is 0 Å². The maximum Gasteiger partial charge on any atom is 0.238 e. The second kappa shape index (κ2) is 5.87. The van der Waals surface area contributed by atoms with E-state index in [-0.39, 0.29) is 18.0 Å². The van der Waals surface area contributed by atoms with E-state index < -0.39 is 0 Å². The maximum absolute atomic E-state index is 12.4. The van der Waals surface area contributed by atoms with Gasteiger partial charge >= 0.3 is 0 Å². The first-order valence-corrected chi connectivity index (χ1v) is 7.32. The zero-order valence-corrected chi connectivity index (χ0v) is 12.4. The molecule has 21 heavy (non-hydrogen) atoms. The molecule has 1 aromatic heterocycles. The predicted octanol–water partition coefficient (Wildman–Crippen LogP) is 1.95. The number of halogens is 1. The van der Waals surface area contributed by atoms with Crippen LogP contribution < -0.4 is 10.6 Å². The van der Waals surface area contributed by atoms with Crippen molar-refractivity contribution < 1.29 is 4.79 Å². The van der Waals surface area contributed by atoms with Crippen molar-refractivity contribution in [1.29, 1.82) is 0 Å². The maximum atomic E-state index is 12.4. The van der Waals surface area contributed by atoms with Crippen LogP contribution in [0.4, 0.5) is 0 Å². The fourth-order valence-electron chi connectivity index (χ4n) is 2.57. The Hall–Kier alpha value is -1.85. The number of rotatable bonds is 3. The Bertz CT molecular complexity index is 655. The van der Waals surface area contributed by atoms with Gasteiger partial charge in [0.25, 0.3) is 0 Å². The molecule has 110 valence electrons.